The fraction of sp³-hybridized carbons (Fsp3) is 0.286. The summed E-state index contributed by atoms with van der Waals surface area (Å²) in [6.07, 6.45) is 2.39. The van der Waals surface area contributed by atoms with Crippen LogP contribution in [-0.2, 0) is 4.74 Å². The first-order valence-electron chi connectivity index (χ1n) is 9.43. The Morgan fingerprint density at radius 1 is 1.10 bits per heavy atom. The molecule has 2 N–H and O–H groups in total. The van der Waals surface area contributed by atoms with Crippen molar-refractivity contribution in [2.75, 3.05) is 32.2 Å². The summed E-state index contributed by atoms with van der Waals surface area (Å²) < 4.78 is 12.1. The number of carbonyl (C=O) groups is 2. The molecule has 2 heterocycles. The number of pyridine rings is 1. The number of methoxy groups -OCH3 is 1. The lowest BCUT2D eigenvalue weighted by Gasteiger charge is -2.10. The number of nitrogens with zero attached hydrogens (tertiary/aromatic N) is 2. The summed E-state index contributed by atoms with van der Waals surface area (Å²) in [7, 11) is 1.61. The van der Waals surface area contributed by atoms with Gasteiger partial charge in [-0.25, -0.2) is 4.98 Å². The normalized spacial score (nSPS) is 10.7. The van der Waals surface area contributed by atoms with E-state index in [9.17, 15) is 9.59 Å². The van der Waals surface area contributed by atoms with Gasteiger partial charge in [-0.3, -0.25) is 14.0 Å². The van der Waals surface area contributed by atoms with Crippen molar-refractivity contribution in [2.24, 2.45) is 0 Å². The molecule has 152 valence electrons. The van der Waals surface area contributed by atoms with E-state index in [-0.39, 0.29) is 17.4 Å². The summed E-state index contributed by atoms with van der Waals surface area (Å²) in [5.74, 6) is -0.0791. The molecule has 8 nitrogen and oxygen atoms in total. The van der Waals surface area contributed by atoms with Gasteiger partial charge in [-0.2, -0.15) is 0 Å². The van der Waals surface area contributed by atoms with Crippen LogP contribution in [-0.4, -0.2) is 48.1 Å². The second-order valence-electron chi connectivity index (χ2n) is 6.23. The molecule has 0 aliphatic carbocycles. The van der Waals surface area contributed by atoms with Crippen molar-refractivity contribution in [2.45, 2.75) is 13.3 Å². The molecular formula is C21H24N4O4. The molecule has 8 heteroatoms. The molecule has 0 atom stereocenters. The topological polar surface area (TPSA) is 94.0 Å². The number of ether oxygens (including phenoxy) is 2. The van der Waals surface area contributed by atoms with E-state index in [4.69, 9.17) is 9.47 Å². The number of imidazole rings is 1. The van der Waals surface area contributed by atoms with Crippen LogP contribution in [0, 0.1) is 0 Å². The molecule has 0 unspecified atom stereocenters. The largest absolute Gasteiger partial charge is 0.492 e. The van der Waals surface area contributed by atoms with Crippen LogP contribution >= 0.6 is 0 Å². The molecule has 29 heavy (non-hydrogen) atoms. The highest BCUT2D eigenvalue weighted by molar-refractivity contribution is 6.06. The van der Waals surface area contributed by atoms with Crippen LogP contribution < -0.4 is 15.4 Å². The quantitative estimate of drug-likeness (QED) is 0.543. The van der Waals surface area contributed by atoms with Gasteiger partial charge in [0, 0.05) is 26.5 Å². The smallest absolute Gasteiger partial charge is 0.292 e. The van der Waals surface area contributed by atoms with Crippen LogP contribution in [0.1, 0.15) is 34.5 Å². The number of para-hydroxylation sites is 2. The zero-order valence-corrected chi connectivity index (χ0v) is 16.5. The highest BCUT2D eigenvalue weighted by Gasteiger charge is 2.22. The average molecular weight is 396 g/mol. The third kappa shape index (κ3) is 4.72. The van der Waals surface area contributed by atoms with Gasteiger partial charge in [0.05, 0.1) is 17.8 Å². The van der Waals surface area contributed by atoms with Gasteiger partial charge in [-0.05, 0) is 37.6 Å². The summed E-state index contributed by atoms with van der Waals surface area (Å²) in [4.78, 5) is 29.8. The van der Waals surface area contributed by atoms with E-state index in [2.05, 4.69) is 15.6 Å². The number of carbonyl (C=O) groups excluding carboxylic acids is 2. The van der Waals surface area contributed by atoms with Crippen LogP contribution in [0.3, 0.4) is 0 Å². The van der Waals surface area contributed by atoms with Gasteiger partial charge in [0.25, 0.3) is 11.8 Å². The zero-order valence-electron chi connectivity index (χ0n) is 16.5. The minimum Gasteiger partial charge on any atom is -0.492 e. The summed E-state index contributed by atoms with van der Waals surface area (Å²) in [5, 5.41) is 5.63. The van der Waals surface area contributed by atoms with Crippen molar-refractivity contribution >= 4 is 23.0 Å². The average Bonchev–Trinajstić information content (AvgIpc) is 3.13. The maximum Gasteiger partial charge on any atom is 0.292 e. The molecule has 3 rings (SSSR count). The molecule has 0 radical (unpaired) electrons. The predicted molar refractivity (Wildman–Crippen MR) is 110 cm³/mol. The van der Waals surface area contributed by atoms with Crippen LogP contribution in [0.25, 0.3) is 5.52 Å². The van der Waals surface area contributed by atoms with E-state index < -0.39 is 5.91 Å². The molecule has 2 aromatic heterocycles. The van der Waals surface area contributed by atoms with Crippen molar-refractivity contribution in [1.29, 1.82) is 0 Å². The Hall–Kier alpha value is -3.39. The lowest BCUT2D eigenvalue weighted by molar-refractivity contribution is 0.0946. The van der Waals surface area contributed by atoms with Crippen LogP contribution in [0.5, 0.6) is 5.75 Å². The molecule has 0 saturated carbocycles. The molecular weight excluding hydrogens is 372 g/mol. The van der Waals surface area contributed by atoms with Gasteiger partial charge in [0.15, 0.2) is 5.69 Å². The van der Waals surface area contributed by atoms with Crippen molar-refractivity contribution in [3.8, 4) is 5.75 Å². The predicted octanol–water partition coefficient (Wildman–Crippen LogP) is 2.75. The third-order valence-corrected chi connectivity index (χ3v) is 4.21. The maximum atomic E-state index is 12.9. The molecule has 0 fully saturated rings. The SMILES string of the molecule is CCOc1ccccc1NC(=O)c1nc(C(=O)NCCCOC)c2ccccn12. The van der Waals surface area contributed by atoms with Crippen molar-refractivity contribution in [1.82, 2.24) is 14.7 Å². The standard InChI is InChI=1S/C21H24N4O4/c1-3-29-17-11-5-4-9-15(17)23-21(27)19-24-18(16-10-6-7-13-25(16)19)20(26)22-12-8-14-28-2/h4-7,9-11,13H,3,8,12,14H2,1-2H3,(H,22,26)(H,23,27). The van der Waals surface area contributed by atoms with E-state index in [1.165, 1.54) is 0 Å². The summed E-state index contributed by atoms with van der Waals surface area (Å²) >= 11 is 0. The molecule has 0 spiro atoms. The van der Waals surface area contributed by atoms with Crippen molar-refractivity contribution in [3.63, 3.8) is 0 Å². The van der Waals surface area contributed by atoms with E-state index in [0.717, 1.165) is 0 Å². The zero-order chi connectivity index (χ0) is 20.6. The molecule has 0 aliphatic heterocycles. The van der Waals surface area contributed by atoms with E-state index in [1.54, 1.807) is 54.1 Å². The van der Waals surface area contributed by atoms with Crippen molar-refractivity contribution in [3.05, 3.63) is 60.2 Å². The van der Waals surface area contributed by atoms with Crippen LogP contribution in [0.2, 0.25) is 0 Å². The molecule has 1 aromatic carbocycles. The lowest BCUT2D eigenvalue weighted by atomic mass is 10.3. The van der Waals surface area contributed by atoms with Gasteiger partial charge >= 0.3 is 0 Å². The van der Waals surface area contributed by atoms with E-state index >= 15 is 0 Å². The molecule has 2 amide bonds. The highest BCUT2D eigenvalue weighted by atomic mass is 16.5. The Kier molecular flexibility index (Phi) is 6.80. The Bertz CT molecular complexity index is 999. The molecule has 0 bridgehead atoms. The number of anilines is 1. The number of fused-ring (bicyclic) bond motifs is 1. The third-order valence-electron chi connectivity index (χ3n) is 4.21. The summed E-state index contributed by atoms with van der Waals surface area (Å²) in [5.41, 5.74) is 1.30. The first-order chi connectivity index (χ1) is 14.2. The van der Waals surface area contributed by atoms with Crippen LogP contribution in [0.4, 0.5) is 5.69 Å². The number of hydrogen-bond acceptors (Lipinski definition) is 5. The lowest BCUT2D eigenvalue weighted by Crippen LogP contribution is -2.26. The molecule has 0 saturated heterocycles. The van der Waals surface area contributed by atoms with Gasteiger partial charge in [0.2, 0.25) is 5.82 Å². The Morgan fingerprint density at radius 3 is 2.69 bits per heavy atom. The van der Waals surface area contributed by atoms with E-state index in [1.807, 2.05) is 13.0 Å². The van der Waals surface area contributed by atoms with Gasteiger partial charge in [-0.1, -0.05) is 18.2 Å². The number of rotatable bonds is 9. The first kappa shape index (κ1) is 20.3. The summed E-state index contributed by atoms with van der Waals surface area (Å²) in [6.45, 7) is 3.36. The number of hydrogen-bond donors (Lipinski definition) is 2. The first-order valence-corrected chi connectivity index (χ1v) is 9.43. The Morgan fingerprint density at radius 2 is 1.90 bits per heavy atom. The molecule has 3 aromatic rings. The van der Waals surface area contributed by atoms with Crippen LogP contribution in [0.15, 0.2) is 48.7 Å². The minimum absolute atomic E-state index is 0.119. The van der Waals surface area contributed by atoms with Gasteiger partial charge in [0.1, 0.15) is 5.75 Å². The van der Waals surface area contributed by atoms with Gasteiger partial charge in [-0.15, -0.1) is 0 Å². The second-order valence-corrected chi connectivity index (χ2v) is 6.23. The van der Waals surface area contributed by atoms with Gasteiger partial charge < -0.3 is 20.1 Å². The maximum absolute atomic E-state index is 12.9. The minimum atomic E-state index is -0.434. The second kappa shape index (κ2) is 9.70. The highest BCUT2D eigenvalue weighted by Crippen LogP contribution is 2.24. The fourth-order valence-electron chi connectivity index (χ4n) is 2.90. The Balaban J connectivity index is 1.86. The van der Waals surface area contributed by atoms with E-state index in [0.29, 0.717) is 43.1 Å². The number of nitrogens with one attached hydrogen (secondary N) is 2. The van der Waals surface area contributed by atoms with Crippen molar-refractivity contribution < 1.29 is 19.1 Å². The number of benzene rings is 1. The fourth-order valence-corrected chi connectivity index (χ4v) is 2.90. The Labute approximate surface area is 168 Å². The number of aromatic nitrogens is 2. The monoisotopic (exact) mass is 396 g/mol. The summed E-state index contributed by atoms with van der Waals surface area (Å²) in [6, 6.07) is 12.5. The molecule has 0 aliphatic rings. The number of amides is 2.